The van der Waals surface area contributed by atoms with Crippen molar-refractivity contribution in [2.24, 2.45) is 0 Å². The van der Waals surface area contributed by atoms with E-state index in [1.165, 1.54) is 12.1 Å². The van der Waals surface area contributed by atoms with Gasteiger partial charge in [0.1, 0.15) is 11.5 Å². The van der Waals surface area contributed by atoms with Gasteiger partial charge in [-0.05, 0) is 44.0 Å². The molecule has 0 amide bonds. The lowest BCUT2D eigenvalue weighted by molar-refractivity contribution is 0.0975. The second-order valence-electron chi connectivity index (χ2n) is 4.74. The minimum atomic E-state index is -0.671. The summed E-state index contributed by atoms with van der Waals surface area (Å²) in [7, 11) is 0. The van der Waals surface area contributed by atoms with Crippen LogP contribution in [0.15, 0.2) is 21.1 Å². The number of phenolic OH excluding ortho intramolecular Hbond substituents is 2. The number of benzene rings is 2. The van der Waals surface area contributed by atoms with Gasteiger partial charge < -0.3 is 21.7 Å². The molecule has 0 fully saturated rings. The number of halogens is 2. The SMILES string of the molecule is Nc1c(Br)cc(O)c2c1C(=O)c1c(O)cc(Br)c(N)c1C2=O. The molecule has 0 atom stereocenters. The molecule has 0 heterocycles. The quantitative estimate of drug-likeness (QED) is 0.322. The molecule has 6 N–H and O–H groups in total. The van der Waals surface area contributed by atoms with E-state index in [1.807, 2.05) is 0 Å². The predicted octanol–water partition coefficient (Wildman–Crippen LogP) is 2.56. The summed E-state index contributed by atoms with van der Waals surface area (Å²) in [4.78, 5) is 25.3. The van der Waals surface area contributed by atoms with Crippen LogP contribution in [0.5, 0.6) is 11.5 Å². The molecule has 22 heavy (non-hydrogen) atoms. The van der Waals surface area contributed by atoms with Crippen molar-refractivity contribution in [3.63, 3.8) is 0 Å². The number of fused-ring (bicyclic) bond motifs is 2. The maximum atomic E-state index is 12.7. The average Bonchev–Trinajstić information content (AvgIpc) is 2.44. The molecule has 0 unspecified atom stereocenters. The molecule has 0 saturated heterocycles. The number of carbonyl (C=O) groups excluding carboxylic acids is 2. The monoisotopic (exact) mass is 426 g/mol. The molecule has 0 radical (unpaired) electrons. The molecule has 0 bridgehead atoms. The fraction of sp³-hybridized carbons (Fsp3) is 0. The highest BCUT2D eigenvalue weighted by molar-refractivity contribution is 9.11. The number of ketones is 2. The van der Waals surface area contributed by atoms with E-state index in [0.717, 1.165) is 0 Å². The van der Waals surface area contributed by atoms with Gasteiger partial charge in [-0.3, -0.25) is 9.59 Å². The Hall–Kier alpha value is -2.06. The van der Waals surface area contributed by atoms with Crippen molar-refractivity contribution in [1.29, 1.82) is 0 Å². The second kappa shape index (κ2) is 4.72. The van der Waals surface area contributed by atoms with E-state index in [0.29, 0.717) is 0 Å². The molecule has 3 rings (SSSR count). The van der Waals surface area contributed by atoms with Crippen LogP contribution in [0.1, 0.15) is 31.8 Å². The Morgan fingerprint density at radius 3 is 1.36 bits per heavy atom. The number of hydrogen-bond acceptors (Lipinski definition) is 6. The number of anilines is 2. The summed E-state index contributed by atoms with van der Waals surface area (Å²) in [5.74, 6) is -2.12. The van der Waals surface area contributed by atoms with Crippen LogP contribution in [0.25, 0.3) is 0 Å². The van der Waals surface area contributed by atoms with Crippen LogP contribution in [-0.4, -0.2) is 21.8 Å². The second-order valence-corrected chi connectivity index (χ2v) is 6.45. The van der Waals surface area contributed by atoms with Crippen molar-refractivity contribution in [2.75, 3.05) is 11.5 Å². The summed E-state index contributed by atoms with van der Waals surface area (Å²) in [6.45, 7) is 0. The van der Waals surface area contributed by atoms with Gasteiger partial charge in [-0.2, -0.15) is 0 Å². The summed E-state index contributed by atoms with van der Waals surface area (Å²) >= 11 is 6.23. The highest BCUT2D eigenvalue weighted by Gasteiger charge is 2.38. The third-order valence-electron chi connectivity index (χ3n) is 3.50. The Morgan fingerprint density at radius 2 is 1.05 bits per heavy atom. The van der Waals surface area contributed by atoms with Crippen LogP contribution in [0, 0.1) is 0 Å². The molecule has 0 spiro atoms. The average molecular weight is 428 g/mol. The summed E-state index contributed by atoms with van der Waals surface area (Å²) < 4.78 is 0.552. The lowest BCUT2D eigenvalue weighted by Crippen LogP contribution is -2.24. The largest absolute Gasteiger partial charge is 0.507 e. The Kier molecular flexibility index (Phi) is 3.19. The molecule has 112 valence electrons. The molecule has 2 aromatic rings. The zero-order valence-electron chi connectivity index (χ0n) is 10.8. The number of nitrogen functional groups attached to an aromatic ring is 2. The van der Waals surface area contributed by atoms with Gasteiger partial charge in [-0.25, -0.2) is 0 Å². The summed E-state index contributed by atoms with van der Waals surface area (Å²) in [5.41, 5.74) is 11.0. The number of aromatic hydroxyl groups is 2. The van der Waals surface area contributed by atoms with Crippen molar-refractivity contribution in [3.8, 4) is 11.5 Å². The number of hydrogen-bond donors (Lipinski definition) is 4. The van der Waals surface area contributed by atoms with Gasteiger partial charge in [0.25, 0.3) is 0 Å². The van der Waals surface area contributed by atoms with E-state index < -0.39 is 11.6 Å². The topological polar surface area (TPSA) is 127 Å². The first-order valence-corrected chi connectivity index (χ1v) is 7.55. The molecular weight excluding hydrogens is 420 g/mol. The summed E-state index contributed by atoms with van der Waals surface area (Å²) in [6.07, 6.45) is 0. The zero-order valence-corrected chi connectivity index (χ0v) is 13.9. The molecule has 2 aromatic carbocycles. The molecule has 1 aliphatic rings. The summed E-state index contributed by atoms with van der Waals surface area (Å²) in [6, 6.07) is 2.47. The molecule has 6 nitrogen and oxygen atoms in total. The van der Waals surface area contributed by atoms with Gasteiger partial charge >= 0.3 is 0 Å². The number of phenols is 2. The van der Waals surface area contributed by atoms with E-state index >= 15 is 0 Å². The molecule has 0 saturated carbocycles. The van der Waals surface area contributed by atoms with Crippen molar-refractivity contribution in [3.05, 3.63) is 43.3 Å². The Morgan fingerprint density at radius 1 is 0.727 bits per heavy atom. The predicted molar refractivity (Wildman–Crippen MR) is 87.3 cm³/mol. The Balaban J connectivity index is 2.49. The van der Waals surface area contributed by atoms with E-state index in [-0.39, 0.29) is 54.1 Å². The lowest BCUT2D eigenvalue weighted by Gasteiger charge is -2.23. The number of rotatable bonds is 0. The first-order valence-electron chi connectivity index (χ1n) is 5.97. The van der Waals surface area contributed by atoms with E-state index in [1.54, 1.807) is 0 Å². The number of nitrogens with two attached hydrogens (primary N) is 2. The van der Waals surface area contributed by atoms with E-state index in [4.69, 9.17) is 11.5 Å². The third kappa shape index (κ3) is 1.77. The van der Waals surface area contributed by atoms with Gasteiger partial charge in [-0.1, -0.05) is 0 Å². The third-order valence-corrected chi connectivity index (χ3v) is 4.81. The fourth-order valence-electron chi connectivity index (χ4n) is 2.49. The van der Waals surface area contributed by atoms with Gasteiger partial charge in [-0.15, -0.1) is 0 Å². The van der Waals surface area contributed by atoms with Crippen LogP contribution in [-0.2, 0) is 0 Å². The van der Waals surface area contributed by atoms with Crippen LogP contribution < -0.4 is 11.5 Å². The maximum Gasteiger partial charge on any atom is 0.200 e. The van der Waals surface area contributed by atoms with Crippen LogP contribution in [0.3, 0.4) is 0 Å². The first-order chi connectivity index (χ1) is 10.3. The minimum Gasteiger partial charge on any atom is -0.507 e. The first kappa shape index (κ1) is 14.9. The fourth-order valence-corrected chi connectivity index (χ4v) is 3.32. The Bertz CT molecular complexity index is 820. The maximum absolute atomic E-state index is 12.7. The van der Waals surface area contributed by atoms with Crippen molar-refractivity contribution < 1.29 is 19.8 Å². The summed E-state index contributed by atoms with van der Waals surface area (Å²) in [5, 5.41) is 20.1. The highest BCUT2D eigenvalue weighted by Crippen LogP contribution is 2.45. The van der Waals surface area contributed by atoms with Crippen LogP contribution >= 0.6 is 31.9 Å². The molecule has 8 heteroatoms. The number of carbonyl (C=O) groups is 2. The molecule has 0 aliphatic heterocycles. The van der Waals surface area contributed by atoms with Crippen LogP contribution in [0.4, 0.5) is 11.4 Å². The van der Waals surface area contributed by atoms with E-state index in [9.17, 15) is 19.8 Å². The molecular formula is C14H8Br2N2O4. The van der Waals surface area contributed by atoms with Gasteiger partial charge in [0.15, 0.2) is 0 Å². The smallest absolute Gasteiger partial charge is 0.200 e. The molecule has 0 aromatic heterocycles. The normalized spacial score (nSPS) is 13.0. The standard InChI is InChI=1S/C14H8Br2N2O4/c15-3-1-5(19)7-9(11(3)17)14(22)8-6(20)2-4(16)12(18)10(8)13(7)21/h1-2,19-20H,17-18H2. The van der Waals surface area contributed by atoms with Gasteiger partial charge in [0, 0.05) is 8.95 Å². The van der Waals surface area contributed by atoms with E-state index in [2.05, 4.69) is 31.9 Å². The van der Waals surface area contributed by atoms with Gasteiger partial charge in [0.05, 0.1) is 33.6 Å². The van der Waals surface area contributed by atoms with Crippen molar-refractivity contribution in [1.82, 2.24) is 0 Å². The van der Waals surface area contributed by atoms with Crippen molar-refractivity contribution in [2.45, 2.75) is 0 Å². The minimum absolute atomic E-state index is 0.0118. The highest BCUT2D eigenvalue weighted by atomic mass is 79.9. The zero-order chi connectivity index (χ0) is 16.3. The van der Waals surface area contributed by atoms with Crippen LogP contribution in [0.2, 0.25) is 0 Å². The Labute approximate surface area is 141 Å². The van der Waals surface area contributed by atoms with Crippen molar-refractivity contribution >= 4 is 54.8 Å². The lowest BCUT2D eigenvalue weighted by atomic mass is 9.81. The molecule has 1 aliphatic carbocycles. The van der Waals surface area contributed by atoms with Gasteiger partial charge in [0.2, 0.25) is 11.6 Å².